The number of methoxy groups -OCH3 is 1. The number of rotatable bonds is 11. The molecule has 1 unspecified atom stereocenters. The summed E-state index contributed by atoms with van der Waals surface area (Å²) in [7, 11) is 1.69. The highest BCUT2D eigenvalue weighted by molar-refractivity contribution is 4.69. The number of hydrogen-bond donors (Lipinski definition) is 0. The van der Waals surface area contributed by atoms with E-state index >= 15 is 0 Å². The van der Waals surface area contributed by atoms with Crippen LogP contribution in [0, 0.1) is 0 Å². The van der Waals surface area contributed by atoms with E-state index in [0.717, 1.165) is 19.7 Å². The Bertz CT molecular complexity index is 161. The first-order chi connectivity index (χ1) is 8.15. The standard InChI is InChI=1S/C13H29NO3/c1-6-14(7-2)13(11-17-12(3)4)10-16-9-8-15-5/h12-13H,6-11H2,1-5H3. The molecular weight excluding hydrogens is 218 g/mol. The summed E-state index contributed by atoms with van der Waals surface area (Å²) < 4.78 is 16.3. The molecule has 0 aliphatic carbocycles. The molecule has 0 saturated carbocycles. The van der Waals surface area contributed by atoms with Crippen LogP contribution in [0.25, 0.3) is 0 Å². The van der Waals surface area contributed by atoms with Crippen LogP contribution in [0.4, 0.5) is 0 Å². The zero-order valence-corrected chi connectivity index (χ0v) is 12.1. The summed E-state index contributed by atoms with van der Waals surface area (Å²) >= 11 is 0. The second-order valence-corrected chi connectivity index (χ2v) is 4.32. The van der Waals surface area contributed by atoms with Gasteiger partial charge in [0.2, 0.25) is 0 Å². The predicted molar refractivity (Wildman–Crippen MR) is 70.5 cm³/mol. The molecule has 0 fully saturated rings. The van der Waals surface area contributed by atoms with E-state index in [1.807, 2.05) is 0 Å². The third kappa shape index (κ3) is 8.55. The lowest BCUT2D eigenvalue weighted by molar-refractivity contribution is -0.0196. The maximum Gasteiger partial charge on any atom is 0.0701 e. The van der Waals surface area contributed by atoms with E-state index in [1.165, 1.54) is 0 Å². The van der Waals surface area contributed by atoms with Gasteiger partial charge in [-0.1, -0.05) is 13.8 Å². The minimum atomic E-state index is 0.270. The quantitative estimate of drug-likeness (QED) is 0.521. The average molecular weight is 247 g/mol. The van der Waals surface area contributed by atoms with Crippen molar-refractivity contribution in [3.8, 4) is 0 Å². The molecule has 0 N–H and O–H groups in total. The Kier molecular flexibility index (Phi) is 10.9. The molecule has 0 aliphatic heterocycles. The van der Waals surface area contributed by atoms with Gasteiger partial charge in [-0.15, -0.1) is 0 Å². The Morgan fingerprint density at radius 1 is 1.00 bits per heavy atom. The summed E-state index contributed by atoms with van der Waals surface area (Å²) in [6, 6.07) is 0.337. The molecule has 0 aromatic rings. The van der Waals surface area contributed by atoms with E-state index < -0.39 is 0 Å². The molecular formula is C13H29NO3. The predicted octanol–water partition coefficient (Wildman–Crippen LogP) is 1.78. The van der Waals surface area contributed by atoms with Crippen LogP contribution in [0.1, 0.15) is 27.7 Å². The average Bonchev–Trinajstić information content (AvgIpc) is 2.31. The van der Waals surface area contributed by atoms with Gasteiger partial charge in [0.15, 0.2) is 0 Å². The highest BCUT2D eigenvalue weighted by Gasteiger charge is 2.16. The minimum absolute atomic E-state index is 0.270. The fourth-order valence-corrected chi connectivity index (χ4v) is 1.66. The number of nitrogens with zero attached hydrogens (tertiary/aromatic N) is 1. The van der Waals surface area contributed by atoms with Crippen LogP contribution >= 0.6 is 0 Å². The molecule has 0 aromatic carbocycles. The van der Waals surface area contributed by atoms with Crippen molar-refractivity contribution in [2.45, 2.75) is 39.8 Å². The van der Waals surface area contributed by atoms with Crippen molar-refractivity contribution >= 4 is 0 Å². The van der Waals surface area contributed by atoms with E-state index in [1.54, 1.807) is 7.11 Å². The van der Waals surface area contributed by atoms with Gasteiger partial charge in [0.1, 0.15) is 0 Å². The van der Waals surface area contributed by atoms with Crippen LogP contribution in [0.15, 0.2) is 0 Å². The van der Waals surface area contributed by atoms with Gasteiger partial charge in [-0.3, -0.25) is 4.90 Å². The van der Waals surface area contributed by atoms with Crippen molar-refractivity contribution in [2.24, 2.45) is 0 Å². The highest BCUT2D eigenvalue weighted by Crippen LogP contribution is 2.03. The van der Waals surface area contributed by atoms with Crippen molar-refractivity contribution in [1.29, 1.82) is 0 Å². The summed E-state index contributed by atoms with van der Waals surface area (Å²) in [5.74, 6) is 0. The fraction of sp³-hybridized carbons (Fsp3) is 1.00. The van der Waals surface area contributed by atoms with E-state index in [0.29, 0.717) is 25.9 Å². The molecule has 0 heterocycles. The summed E-state index contributed by atoms with van der Waals surface area (Å²) in [5.41, 5.74) is 0. The van der Waals surface area contributed by atoms with Gasteiger partial charge in [-0.25, -0.2) is 0 Å². The normalized spacial score (nSPS) is 13.6. The molecule has 4 nitrogen and oxygen atoms in total. The van der Waals surface area contributed by atoms with E-state index in [-0.39, 0.29) is 6.10 Å². The van der Waals surface area contributed by atoms with Crippen molar-refractivity contribution in [1.82, 2.24) is 4.90 Å². The molecule has 4 heteroatoms. The number of likely N-dealkylation sites (N-methyl/N-ethyl adjacent to an activating group) is 1. The molecule has 104 valence electrons. The number of hydrogen-bond acceptors (Lipinski definition) is 4. The summed E-state index contributed by atoms with van der Waals surface area (Å²) in [4.78, 5) is 2.37. The number of ether oxygens (including phenoxy) is 3. The van der Waals surface area contributed by atoms with Crippen LogP contribution < -0.4 is 0 Å². The molecule has 0 bridgehead atoms. The van der Waals surface area contributed by atoms with Crippen LogP contribution in [0.3, 0.4) is 0 Å². The Labute approximate surface area is 106 Å². The lowest BCUT2D eigenvalue weighted by Crippen LogP contribution is -2.42. The minimum Gasteiger partial charge on any atom is -0.382 e. The molecule has 17 heavy (non-hydrogen) atoms. The van der Waals surface area contributed by atoms with Crippen LogP contribution in [-0.4, -0.2) is 63.7 Å². The van der Waals surface area contributed by atoms with E-state index in [9.17, 15) is 0 Å². The molecule has 0 aromatic heterocycles. The molecule has 1 atom stereocenters. The van der Waals surface area contributed by atoms with Crippen LogP contribution in [0.2, 0.25) is 0 Å². The zero-order chi connectivity index (χ0) is 13.1. The first kappa shape index (κ1) is 16.8. The fourth-order valence-electron chi connectivity index (χ4n) is 1.66. The Morgan fingerprint density at radius 2 is 1.65 bits per heavy atom. The smallest absolute Gasteiger partial charge is 0.0701 e. The first-order valence-corrected chi connectivity index (χ1v) is 6.57. The monoisotopic (exact) mass is 247 g/mol. The Balaban J connectivity index is 4.00. The molecule has 0 radical (unpaired) electrons. The van der Waals surface area contributed by atoms with Gasteiger partial charge in [0, 0.05) is 7.11 Å². The maximum absolute atomic E-state index is 5.69. The van der Waals surface area contributed by atoms with Gasteiger partial charge in [0.25, 0.3) is 0 Å². The zero-order valence-electron chi connectivity index (χ0n) is 12.1. The van der Waals surface area contributed by atoms with Crippen molar-refractivity contribution in [2.75, 3.05) is 46.6 Å². The molecule has 0 saturated heterocycles. The largest absolute Gasteiger partial charge is 0.382 e. The second-order valence-electron chi connectivity index (χ2n) is 4.32. The van der Waals surface area contributed by atoms with Gasteiger partial charge in [-0.2, -0.15) is 0 Å². The van der Waals surface area contributed by atoms with Crippen molar-refractivity contribution < 1.29 is 14.2 Å². The summed E-state index contributed by atoms with van der Waals surface area (Å²) in [5, 5.41) is 0. The SMILES string of the molecule is CCN(CC)C(COCCOC)COC(C)C. The van der Waals surface area contributed by atoms with Gasteiger partial charge >= 0.3 is 0 Å². The summed E-state index contributed by atoms with van der Waals surface area (Å²) in [6.45, 7) is 13.2. The topological polar surface area (TPSA) is 30.9 Å². The van der Waals surface area contributed by atoms with Crippen molar-refractivity contribution in [3.63, 3.8) is 0 Å². The van der Waals surface area contributed by atoms with E-state index in [4.69, 9.17) is 14.2 Å². The van der Waals surface area contributed by atoms with Gasteiger partial charge in [-0.05, 0) is 26.9 Å². The van der Waals surface area contributed by atoms with E-state index in [2.05, 4.69) is 32.6 Å². The third-order valence-corrected chi connectivity index (χ3v) is 2.69. The Hall–Kier alpha value is -0.160. The lowest BCUT2D eigenvalue weighted by Gasteiger charge is -2.29. The highest BCUT2D eigenvalue weighted by atomic mass is 16.5. The molecule has 0 spiro atoms. The molecule has 0 rings (SSSR count). The summed E-state index contributed by atoms with van der Waals surface area (Å²) in [6.07, 6.45) is 0.270. The van der Waals surface area contributed by atoms with Gasteiger partial charge in [0.05, 0.1) is 38.6 Å². The molecule has 0 amide bonds. The Morgan fingerprint density at radius 3 is 2.12 bits per heavy atom. The van der Waals surface area contributed by atoms with Crippen molar-refractivity contribution in [3.05, 3.63) is 0 Å². The maximum atomic E-state index is 5.69. The van der Waals surface area contributed by atoms with Gasteiger partial charge < -0.3 is 14.2 Å². The van der Waals surface area contributed by atoms with Crippen LogP contribution in [0.5, 0.6) is 0 Å². The van der Waals surface area contributed by atoms with Crippen LogP contribution in [-0.2, 0) is 14.2 Å². The second kappa shape index (κ2) is 11.0. The lowest BCUT2D eigenvalue weighted by atomic mass is 10.2. The first-order valence-electron chi connectivity index (χ1n) is 6.57. The molecule has 0 aliphatic rings. The third-order valence-electron chi connectivity index (χ3n) is 2.69.